The second-order valence-electron chi connectivity index (χ2n) is 4.80. The second kappa shape index (κ2) is 6.15. The fraction of sp³-hybridized carbons (Fsp3) is 0.231. The van der Waals surface area contributed by atoms with Gasteiger partial charge in [0.15, 0.2) is 0 Å². The topological polar surface area (TPSA) is 86.7 Å². The maximum atomic E-state index is 12.4. The third kappa shape index (κ3) is 3.50. The lowest BCUT2D eigenvalue weighted by Crippen LogP contribution is -2.04. The van der Waals surface area contributed by atoms with Crippen LogP contribution in [0.4, 0.5) is 13.2 Å². The number of hydrogen-bond donors (Lipinski definition) is 0. The summed E-state index contributed by atoms with van der Waals surface area (Å²) in [5.41, 5.74) is 1.23. The van der Waals surface area contributed by atoms with Crippen molar-refractivity contribution in [1.29, 1.82) is 0 Å². The number of benzene rings is 1. The molecular formula is C13H10F3N5O2S. The maximum absolute atomic E-state index is 12.4. The van der Waals surface area contributed by atoms with Crippen molar-refractivity contribution in [2.45, 2.75) is 17.9 Å². The van der Waals surface area contributed by atoms with Gasteiger partial charge in [0.1, 0.15) is 6.33 Å². The van der Waals surface area contributed by atoms with Gasteiger partial charge in [0.05, 0.1) is 17.3 Å². The first-order valence-electron chi connectivity index (χ1n) is 6.56. The van der Waals surface area contributed by atoms with Gasteiger partial charge in [-0.15, -0.1) is 5.10 Å². The summed E-state index contributed by atoms with van der Waals surface area (Å²) >= 11 is 0. The number of nitrogens with zero attached hydrogens (tertiary/aromatic N) is 5. The van der Waals surface area contributed by atoms with Crippen LogP contribution in [0.1, 0.15) is 11.5 Å². The highest BCUT2D eigenvalue weighted by molar-refractivity contribution is 7.84. The summed E-state index contributed by atoms with van der Waals surface area (Å²) in [6.45, 7) is 0.379. The molecule has 0 spiro atoms. The lowest BCUT2D eigenvalue weighted by Gasteiger charge is -2.02. The minimum absolute atomic E-state index is 0.140. The molecule has 2 heterocycles. The monoisotopic (exact) mass is 357 g/mol. The molecular weight excluding hydrogens is 347 g/mol. The first-order valence-corrected chi connectivity index (χ1v) is 8.12. The summed E-state index contributed by atoms with van der Waals surface area (Å²) in [4.78, 5) is 7.24. The van der Waals surface area contributed by atoms with E-state index in [-0.39, 0.29) is 11.0 Å². The van der Waals surface area contributed by atoms with Gasteiger partial charge in [0.2, 0.25) is 11.0 Å². The summed E-state index contributed by atoms with van der Waals surface area (Å²) < 4.78 is 54.3. The smallest absolute Gasteiger partial charge is 0.329 e. The van der Waals surface area contributed by atoms with Crippen LogP contribution in [0.2, 0.25) is 0 Å². The molecule has 1 aromatic carbocycles. The molecule has 0 fully saturated rings. The third-order valence-electron chi connectivity index (χ3n) is 3.00. The molecule has 1 unspecified atom stereocenters. The number of halogens is 3. The van der Waals surface area contributed by atoms with Crippen LogP contribution >= 0.6 is 0 Å². The van der Waals surface area contributed by atoms with E-state index in [0.29, 0.717) is 12.1 Å². The van der Waals surface area contributed by atoms with Crippen LogP contribution in [0.15, 0.2) is 40.3 Å². The Labute approximate surface area is 136 Å². The fourth-order valence-corrected chi connectivity index (χ4v) is 2.30. The molecule has 3 rings (SSSR count). The Morgan fingerprint density at radius 1 is 1.25 bits per heavy atom. The molecule has 7 nitrogen and oxygen atoms in total. The van der Waals surface area contributed by atoms with Gasteiger partial charge in [-0.25, -0.2) is 9.67 Å². The zero-order valence-corrected chi connectivity index (χ0v) is 13.0. The molecule has 0 saturated carbocycles. The fourth-order valence-electron chi connectivity index (χ4n) is 1.89. The lowest BCUT2D eigenvalue weighted by molar-refractivity contribution is -0.159. The van der Waals surface area contributed by atoms with Gasteiger partial charge < -0.3 is 4.52 Å². The van der Waals surface area contributed by atoms with Gasteiger partial charge in [-0.3, -0.25) is 4.21 Å². The molecule has 126 valence electrons. The van der Waals surface area contributed by atoms with Gasteiger partial charge in [-0.2, -0.15) is 18.2 Å². The predicted octanol–water partition coefficient (Wildman–Crippen LogP) is 2.13. The Hall–Kier alpha value is -2.56. The molecule has 0 radical (unpaired) electrons. The zero-order chi connectivity index (χ0) is 17.3. The number of alkyl halides is 3. The second-order valence-corrected chi connectivity index (χ2v) is 6.07. The Morgan fingerprint density at radius 3 is 2.50 bits per heavy atom. The molecule has 0 N–H and O–H groups in total. The van der Waals surface area contributed by atoms with Gasteiger partial charge in [0, 0.05) is 11.8 Å². The molecule has 0 aliphatic carbocycles. The first kappa shape index (κ1) is 16.3. The molecule has 3 aromatic rings. The molecule has 0 saturated heterocycles. The first-order chi connectivity index (χ1) is 11.3. The number of rotatable bonds is 4. The Balaban J connectivity index is 1.75. The summed E-state index contributed by atoms with van der Waals surface area (Å²) in [5.74, 6) is -1.53. The van der Waals surface area contributed by atoms with Crippen molar-refractivity contribution < 1.29 is 21.9 Å². The normalized spacial score (nSPS) is 13.2. The van der Waals surface area contributed by atoms with Gasteiger partial charge in [0.25, 0.3) is 0 Å². The summed E-state index contributed by atoms with van der Waals surface area (Å²) in [7, 11) is -1.26. The third-order valence-corrected chi connectivity index (χ3v) is 3.70. The molecule has 0 aliphatic rings. The average molecular weight is 357 g/mol. The van der Waals surface area contributed by atoms with E-state index in [2.05, 4.69) is 24.7 Å². The Morgan fingerprint density at radius 2 is 1.96 bits per heavy atom. The van der Waals surface area contributed by atoms with E-state index in [1.54, 1.807) is 24.3 Å². The summed E-state index contributed by atoms with van der Waals surface area (Å²) in [5, 5.41) is 7.61. The van der Waals surface area contributed by atoms with Crippen LogP contribution in [-0.4, -0.2) is 35.4 Å². The van der Waals surface area contributed by atoms with E-state index in [1.165, 1.54) is 17.3 Å². The highest BCUT2D eigenvalue weighted by Crippen LogP contribution is 2.29. The Bertz CT molecular complexity index is 872. The van der Waals surface area contributed by atoms with Crippen LogP contribution in [-0.2, 0) is 23.5 Å². The molecule has 2 aromatic heterocycles. The van der Waals surface area contributed by atoms with Crippen molar-refractivity contribution in [3.05, 3.63) is 42.0 Å². The largest absolute Gasteiger partial charge is 0.471 e. The van der Waals surface area contributed by atoms with Crippen LogP contribution in [0.3, 0.4) is 0 Å². The molecule has 0 aliphatic heterocycles. The molecule has 24 heavy (non-hydrogen) atoms. The zero-order valence-electron chi connectivity index (χ0n) is 12.2. The summed E-state index contributed by atoms with van der Waals surface area (Å²) in [6.07, 6.45) is -1.73. The van der Waals surface area contributed by atoms with Crippen LogP contribution < -0.4 is 0 Å². The van der Waals surface area contributed by atoms with E-state index >= 15 is 0 Å². The number of aromatic nitrogens is 5. The van der Waals surface area contributed by atoms with Gasteiger partial charge in [-0.1, -0.05) is 29.4 Å². The minimum Gasteiger partial charge on any atom is -0.329 e. The van der Waals surface area contributed by atoms with E-state index in [4.69, 9.17) is 0 Å². The highest BCUT2D eigenvalue weighted by atomic mass is 32.2. The van der Waals surface area contributed by atoms with Crippen molar-refractivity contribution in [2.24, 2.45) is 0 Å². The van der Waals surface area contributed by atoms with Crippen LogP contribution in [0.5, 0.6) is 0 Å². The van der Waals surface area contributed by atoms with E-state index in [1.807, 2.05) is 0 Å². The standard InChI is InChI=1S/C13H10F3N5O2S/c1-24(22)12-17-7-21(19-12)6-8-2-4-9(5-3-8)10-18-11(23-20-10)13(14,15)16/h2-5,7H,6H2,1H3. The van der Waals surface area contributed by atoms with Crippen molar-refractivity contribution >= 4 is 10.8 Å². The maximum Gasteiger partial charge on any atom is 0.471 e. The highest BCUT2D eigenvalue weighted by Gasteiger charge is 2.38. The van der Waals surface area contributed by atoms with Crippen LogP contribution in [0.25, 0.3) is 11.4 Å². The molecule has 11 heteroatoms. The SMILES string of the molecule is CS(=O)c1ncn(Cc2ccc(-c3noc(C(F)(F)F)n3)cc2)n1. The lowest BCUT2D eigenvalue weighted by atomic mass is 10.1. The summed E-state index contributed by atoms with van der Waals surface area (Å²) in [6, 6.07) is 6.55. The Kier molecular flexibility index (Phi) is 4.18. The van der Waals surface area contributed by atoms with Crippen molar-refractivity contribution in [3.8, 4) is 11.4 Å². The molecule has 0 bridgehead atoms. The molecule has 1 atom stereocenters. The minimum atomic E-state index is -4.67. The van der Waals surface area contributed by atoms with E-state index in [0.717, 1.165) is 5.56 Å². The van der Waals surface area contributed by atoms with Crippen molar-refractivity contribution in [3.63, 3.8) is 0 Å². The predicted molar refractivity (Wildman–Crippen MR) is 76.2 cm³/mol. The van der Waals surface area contributed by atoms with E-state index in [9.17, 15) is 17.4 Å². The van der Waals surface area contributed by atoms with Gasteiger partial charge in [-0.05, 0) is 5.56 Å². The number of hydrogen-bond acceptors (Lipinski definition) is 6. The average Bonchev–Trinajstić information content (AvgIpc) is 3.16. The van der Waals surface area contributed by atoms with E-state index < -0.39 is 22.9 Å². The molecule has 0 amide bonds. The van der Waals surface area contributed by atoms with Crippen LogP contribution in [0, 0.1) is 0 Å². The van der Waals surface area contributed by atoms with Crippen molar-refractivity contribution in [1.82, 2.24) is 24.9 Å². The van der Waals surface area contributed by atoms with Gasteiger partial charge >= 0.3 is 12.1 Å². The van der Waals surface area contributed by atoms with Crippen molar-refractivity contribution in [2.75, 3.05) is 6.26 Å². The quantitative estimate of drug-likeness (QED) is 0.711.